The Hall–Kier alpha value is -0.330. The lowest BCUT2D eigenvalue weighted by Crippen LogP contribution is -2.53. The van der Waals surface area contributed by atoms with Crippen molar-refractivity contribution in [2.24, 2.45) is 58.2 Å². The average Bonchev–Trinajstić information content (AvgIpc) is 3.03. The van der Waals surface area contributed by atoms with Crippen LogP contribution in [0.15, 0.2) is 0 Å². The summed E-state index contributed by atoms with van der Waals surface area (Å²) in [7, 11) is 0. The first-order valence-electron chi connectivity index (χ1n) is 13.2. The Kier molecular flexibility index (Phi) is 6.02. The molecule has 0 aromatic carbocycles. The molecule has 9 atom stereocenters. The smallest absolute Gasteiger partial charge is 0.133 e. The van der Waals surface area contributed by atoms with Gasteiger partial charge in [-0.1, -0.05) is 54.4 Å². The molecule has 0 amide bonds. The Morgan fingerprint density at radius 3 is 2.31 bits per heavy atom. The minimum absolute atomic E-state index is 0.467. The van der Waals surface area contributed by atoms with Gasteiger partial charge in [-0.15, -0.1) is 0 Å². The summed E-state index contributed by atoms with van der Waals surface area (Å²) < 4.78 is 0. The fourth-order valence-corrected chi connectivity index (χ4v) is 9.08. The van der Waals surface area contributed by atoms with E-state index in [4.69, 9.17) is 0 Å². The van der Waals surface area contributed by atoms with Crippen LogP contribution in [0.5, 0.6) is 0 Å². The number of hydrogen-bond donors (Lipinski definition) is 0. The number of ketones is 1. The van der Waals surface area contributed by atoms with Crippen LogP contribution in [0.3, 0.4) is 0 Å². The van der Waals surface area contributed by atoms with Crippen molar-refractivity contribution in [1.29, 1.82) is 0 Å². The number of carbonyl (C=O) groups excluding carboxylic acids is 1. The fourth-order valence-electron chi connectivity index (χ4n) is 9.08. The highest BCUT2D eigenvalue weighted by Gasteiger charge is 2.60. The second-order valence-electron chi connectivity index (χ2n) is 12.9. The Morgan fingerprint density at radius 2 is 1.59 bits per heavy atom. The van der Waals surface area contributed by atoms with Crippen LogP contribution in [-0.4, -0.2) is 5.78 Å². The van der Waals surface area contributed by atoms with Gasteiger partial charge in [0.15, 0.2) is 0 Å². The molecule has 0 radical (unpaired) electrons. The van der Waals surface area contributed by atoms with Crippen LogP contribution in [0.4, 0.5) is 0 Å². The van der Waals surface area contributed by atoms with Crippen LogP contribution in [0.25, 0.3) is 0 Å². The zero-order valence-electron chi connectivity index (χ0n) is 20.3. The molecule has 0 aromatic heterocycles. The maximum Gasteiger partial charge on any atom is 0.133 e. The van der Waals surface area contributed by atoms with Gasteiger partial charge in [-0.25, -0.2) is 0 Å². The van der Waals surface area contributed by atoms with Crippen LogP contribution in [0.2, 0.25) is 0 Å². The third-order valence-corrected chi connectivity index (χ3v) is 11.5. The summed E-state index contributed by atoms with van der Waals surface area (Å²) in [6.45, 7) is 15.1. The molecule has 0 spiro atoms. The Morgan fingerprint density at radius 1 is 0.862 bits per heavy atom. The number of fused-ring (bicyclic) bond motifs is 5. The van der Waals surface area contributed by atoms with Crippen LogP contribution in [-0.2, 0) is 4.79 Å². The number of carbonyl (C=O) groups is 1. The number of Topliss-reactive ketones (excluding diaryl/α,β-unsaturated/α-hetero) is 1. The summed E-state index contributed by atoms with van der Waals surface area (Å²) in [6.07, 6.45) is 14.4. The minimum Gasteiger partial charge on any atom is -0.300 e. The van der Waals surface area contributed by atoms with E-state index in [1.165, 1.54) is 57.8 Å². The second kappa shape index (κ2) is 7.98. The van der Waals surface area contributed by atoms with Gasteiger partial charge in [-0.2, -0.15) is 0 Å². The fraction of sp³-hybridized carbons (Fsp3) is 0.964. The monoisotopic (exact) mass is 400 g/mol. The van der Waals surface area contributed by atoms with E-state index in [9.17, 15) is 4.79 Å². The molecule has 4 rings (SSSR count). The van der Waals surface area contributed by atoms with E-state index < -0.39 is 0 Å². The molecule has 2 unspecified atom stereocenters. The zero-order chi connectivity index (χ0) is 21.0. The number of rotatable bonds is 5. The predicted octanol–water partition coefficient (Wildman–Crippen LogP) is 7.92. The molecule has 4 aliphatic carbocycles. The first-order chi connectivity index (χ1) is 13.7. The molecule has 166 valence electrons. The van der Waals surface area contributed by atoms with E-state index in [1.54, 1.807) is 0 Å². The van der Waals surface area contributed by atoms with Crippen LogP contribution in [0, 0.1) is 58.2 Å². The van der Waals surface area contributed by atoms with Gasteiger partial charge in [0.25, 0.3) is 0 Å². The van der Waals surface area contributed by atoms with Gasteiger partial charge in [0.1, 0.15) is 5.78 Å². The first-order valence-corrected chi connectivity index (χ1v) is 13.2. The standard InChI is InChI=1S/C28H48O/c1-18(2)19(3)7-8-20(4)24-11-12-25-23-10-9-21-17-22(29)13-15-27(21,5)26(23)14-16-28(24,25)6/h18-21,23-26H,7-17H2,1-6H3/t19?,20?,21-,23-,24+,25-,26-,27-,28+/m0/s1. The Bertz CT molecular complexity index is 607. The minimum atomic E-state index is 0.467. The topological polar surface area (TPSA) is 17.1 Å². The van der Waals surface area contributed by atoms with Crippen molar-refractivity contribution in [1.82, 2.24) is 0 Å². The van der Waals surface area contributed by atoms with Crippen molar-refractivity contribution in [3.63, 3.8) is 0 Å². The molecule has 29 heavy (non-hydrogen) atoms. The second-order valence-corrected chi connectivity index (χ2v) is 12.9. The van der Waals surface area contributed by atoms with Gasteiger partial charge in [0.2, 0.25) is 0 Å². The third-order valence-electron chi connectivity index (χ3n) is 11.5. The summed E-state index contributed by atoms with van der Waals surface area (Å²) in [5.41, 5.74) is 1.06. The van der Waals surface area contributed by atoms with Crippen LogP contribution >= 0.6 is 0 Å². The van der Waals surface area contributed by atoms with E-state index in [0.717, 1.165) is 54.3 Å². The maximum absolute atomic E-state index is 12.1. The van der Waals surface area contributed by atoms with Crippen molar-refractivity contribution in [3.05, 3.63) is 0 Å². The molecule has 0 N–H and O–H groups in total. The van der Waals surface area contributed by atoms with E-state index in [0.29, 0.717) is 22.5 Å². The molecule has 1 heteroatoms. The van der Waals surface area contributed by atoms with Crippen molar-refractivity contribution in [3.8, 4) is 0 Å². The lowest BCUT2D eigenvalue weighted by molar-refractivity contribution is -0.140. The van der Waals surface area contributed by atoms with Gasteiger partial charge >= 0.3 is 0 Å². The summed E-state index contributed by atoms with van der Waals surface area (Å²) >= 11 is 0. The molecule has 4 saturated carbocycles. The van der Waals surface area contributed by atoms with Crippen molar-refractivity contribution in [2.45, 2.75) is 112 Å². The molecular formula is C28H48O. The van der Waals surface area contributed by atoms with Crippen molar-refractivity contribution in [2.75, 3.05) is 0 Å². The molecule has 0 saturated heterocycles. The van der Waals surface area contributed by atoms with Crippen LogP contribution in [0.1, 0.15) is 112 Å². The molecular weight excluding hydrogens is 352 g/mol. The Labute approximate surface area is 181 Å². The normalized spacial score (nSPS) is 46.7. The third kappa shape index (κ3) is 3.65. The predicted molar refractivity (Wildman–Crippen MR) is 123 cm³/mol. The SMILES string of the molecule is CC(C)C(C)CCC(C)[C@H]1CC[C@H]2[C@@H]3CC[C@H]4CC(=O)CC[C@]4(C)[C@H]3CC[C@]12C. The van der Waals surface area contributed by atoms with Gasteiger partial charge in [-0.05, 0) is 103 Å². The maximum atomic E-state index is 12.1. The molecule has 0 bridgehead atoms. The summed E-state index contributed by atoms with van der Waals surface area (Å²) in [6, 6.07) is 0. The van der Waals surface area contributed by atoms with Crippen molar-refractivity contribution < 1.29 is 4.79 Å². The lowest BCUT2D eigenvalue weighted by Gasteiger charge is -2.60. The van der Waals surface area contributed by atoms with Gasteiger partial charge in [0, 0.05) is 12.8 Å². The number of hydrogen-bond acceptors (Lipinski definition) is 1. The average molecular weight is 401 g/mol. The van der Waals surface area contributed by atoms with Gasteiger partial charge in [-0.3, -0.25) is 4.79 Å². The highest BCUT2D eigenvalue weighted by molar-refractivity contribution is 5.79. The highest BCUT2D eigenvalue weighted by Crippen LogP contribution is 2.68. The van der Waals surface area contributed by atoms with E-state index in [2.05, 4.69) is 41.5 Å². The summed E-state index contributed by atoms with van der Waals surface area (Å²) in [5.74, 6) is 7.60. The molecule has 0 aliphatic heterocycles. The lowest BCUT2D eigenvalue weighted by atomic mass is 9.44. The molecule has 4 aliphatic rings. The highest BCUT2D eigenvalue weighted by atomic mass is 16.1. The van der Waals surface area contributed by atoms with E-state index >= 15 is 0 Å². The largest absolute Gasteiger partial charge is 0.300 e. The molecule has 0 aromatic rings. The van der Waals surface area contributed by atoms with Crippen LogP contribution < -0.4 is 0 Å². The first kappa shape index (κ1) is 21.9. The Balaban J connectivity index is 1.46. The van der Waals surface area contributed by atoms with Gasteiger partial charge in [0.05, 0.1) is 0 Å². The van der Waals surface area contributed by atoms with E-state index in [1.807, 2.05) is 0 Å². The molecule has 4 fully saturated rings. The van der Waals surface area contributed by atoms with E-state index in [-0.39, 0.29) is 0 Å². The molecule has 1 nitrogen and oxygen atoms in total. The zero-order valence-corrected chi connectivity index (χ0v) is 20.3. The van der Waals surface area contributed by atoms with Crippen molar-refractivity contribution >= 4 is 5.78 Å². The summed E-state index contributed by atoms with van der Waals surface area (Å²) in [5, 5.41) is 0. The van der Waals surface area contributed by atoms with Gasteiger partial charge < -0.3 is 0 Å². The molecule has 0 heterocycles. The quantitative estimate of drug-likeness (QED) is 0.458. The summed E-state index contributed by atoms with van der Waals surface area (Å²) in [4.78, 5) is 12.1.